The topological polar surface area (TPSA) is 92.4 Å². The summed E-state index contributed by atoms with van der Waals surface area (Å²) in [4.78, 5) is 22.7. The molecule has 1 fully saturated rings. The Hall–Kier alpha value is -0.750. The van der Waals surface area contributed by atoms with Gasteiger partial charge in [0.05, 0.1) is 6.04 Å². The van der Waals surface area contributed by atoms with Gasteiger partial charge in [0.15, 0.2) is 0 Å². The number of carbonyl (C=O) groups is 2. The SMILES string of the molecule is CSCC[C@@H](N)C(=O)NC1(C(=O)O)CCC1. The smallest absolute Gasteiger partial charge is 0.329 e. The summed E-state index contributed by atoms with van der Waals surface area (Å²) in [6.07, 6.45) is 4.36. The predicted molar refractivity (Wildman–Crippen MR) is 63.3 cm³/mol. The quantitative estimate of drug-likeness (QED) is 0.622. The molecule has 6 heteroatoms. The minimum absolute atomic E-state index is 0.351. The summed E-state index contributed by atoms with van der Waals surface area (Å²) in [5.74, 6) is -0.505. The fourth-order valence-electron chi connectivity index (χ4n) is 1.63. The number of nitrogens with two attached hydrogens (primary N) is 1. The van der Waals surface area contributed by atoms with Gasteiger partial charge in [-0.05, 0) is 37.7 Å². The van der Waals surface area contributed by atoms with E-state index in [1.165, 1.54) is 0 Å². The maximum atomic E-state index is 11.7. The second kappa shape index (κ2) is 5.54. The predicted octanol–water partition coefficient (Wildman–Crippen LogP) is 0.190. The molecule has 0 aromatic carbocycles. The average molecular weight is 246 g/mol. The standard InChI is InChI=1S/C10H18N2O3S/c1-16-6-3-7(11)8(13)12-10(9(14)15)4-2-5-10/h7H,2-6,11H2,1H3,(H,12,13)(H,14,15)/t7-/m1/s1. The fraction of sp³-hybridized carbons (Fsp3) is 0.800. The van der Waals surface area contributed by atoms with Crippen molar-refractivity contribution in [1.82, 2.24) is 5.32 Å². The van der Waals surface area contributed by atoms with E-state index in [0.29, 0.717) is 19.3 Å². The van der Waals surface area contributed by atoms with Crippen molar-refractivity contribution < 1.29 is 14.7 Å². The van der Waals surface area contributed by atoms with Crippen LogP contribution in [0.15, 0.2) is 0 Å². The van der Waals surface area contributed by atoms with E-state index in [-0.39, 0.29) is 5.91 Å². The van der Waals surface area contributed by atoms with Gasteiger partial charge in [-0.15, -0.1) is 0 Å². The van der Waals surface area contributed by atoms with Crippen molar-refractivity contribution >= 4 is 23.6 Å². The van der Waals surface area contributed by atoms with Crippen LogP contribution in [-0.2, 0) is 9.59 Å². The molecule has 4 N–H and O–H groups in total. The van der Waals surface area contributed by atoms with Crippen LogP contribution in [-0.4, -0.2) is 40.6 Å². The first-order valence-corrected chi connectivity index (χ1v) is 6.71. The second-order valence-corrected chi connectivity index (χ2v) is 5.10. The molecule has 5 nitrogen and oxygen atoms in total. The molecule has 0 spiro atoms. The van der Waals surface area contributed by atoms with E-state index >= 15 is 0 Å². The molecule has 0 radical (unpaired) electrons. The van der Waals surface area contributed by atoms with Gasteiger partial charge in [-0.3, -0.25) is 4.79 Å². The van der Waals surface area contributed by atoms with Crippen molar-refractivity contribution in [2.45, 2.75) is 37.3 Å². The zero-order valence-corrected chi connectivity index (χ0v) is 10.2. The summed E-state index contributed by atoms with van der Waals surface area (Å²) >= 11 is 1.62. The molecule has 92 valence electrons. The minimum Gasteiger partial charge on any atom is -0.480 e. The number of rotatable bonds is 6. The molecule has 1 aliphatic carbocycles. The van der Waals surface area contributed by atoms with Crippen LogP contribution in [0.2, 0.25) is 0 Å². The Kier molecular flexibility index (Phi) is 4.61. The molecule has 0 heterocycles. The maximum absolute atomic E-state index is 11.7. The summed E-state index contributed by atoms with van der Waals surface area (Å²) in [6.45, 7) is 0. The highest BCUT2D eigenvalue weighted by molar-refractivity contribution is 7.98. The van der Waals surface area contributed by atoms with E-state index in [1.54, 1.807) is 11.8 Å². The van der Waals surface area contributed by atoms with Crippen molar-refractivity contribution in [2.75, 3.05) is 12.0 Å². The fourth-order valence-corrected chi connectivity index (χ4v) is 2.12. The number of hydrogen-bond acceptors (Lipinski definition) is 4. The van der Waals surface area contributed by atoms with Crippen LogP contribution in [0.5, 0.6) is 0 Å². The number of nitrogens with one attached hydrogen (secondary N) is 1. The highest BCUT2D eigenvalue weighted by Gasteiger charge is 2.46. The van der Waals surface area contributed by atoms with Crippen molar-refractivity contribution in [3.63, 3.8) is 0 Å². The Labute approximate surface area is 99.1 Å². The Morgan fingerprint density at radius 2 is 2.19 bits per heavy atom. The summed E-state index contributed by atoms with van der Waals surface area (Å²) in [6, 6.07) is -0.607. The molecular weight excluding hydrogens is 228 g/mol. The Balaban J connectivity index is 2.46. The molecule has 0 aliphatic heterocycles. The molecule has 16 heavy (non-hydrogen) atoms. The number of carboxylic acid groups (broad SMARTS) is 1. The molecule has 1 atom stereocenters. The van der Waals surface area contributed by atoms with Gasteiger partial charge in [0.1, 0.15) is 5.54 Å². The van der Waals surface area contributed by atoms with Crippen LogP contribution >= 0.6 is 11.8 Å². The van der Waals surface area contributed by atoms with Gasteiger partial charge >= 0.3 is 5.97 Å². The molecule has 1 saturated carbocycles. The molecule has 0 saturated heterocycles. The number of carboxylic acids is 1. The van der Waals surface area contributed by atoms with Crippen molar-refractivity contribution in [3.05, 3.63) is 0 Å². The highest BCUT2D eigenvalue weighted by atomic mass is 32.2. The molecule has 0 aromatic heterocycles. The van der Waals surface area contributed by atoms with Gasteiger partial charge in [0.25, 0.3) is 0 Å². The van der Waals surface area contributed by atoms with E-state index in [2.05, 4.69) is 5.32 Å². The van der Waals surface area contributed by atoms with Crippen LogP contribution in [0.1, 0.15) is 25.7 Å². The zero-order chi connectivity index (χ0) is 12.2. The maximum Gasteiger partial charge on any atom is 0.329 e. The first kappa shape index (κ1) is 13.3. The van der Waals surface area contributed by atoms with Crippen LogP contribution in [0.25, 0.3) is 0 Å². The molecule has 1 amide bonds. The van der Waals surface area contributed by atoms with Crippen LogP contribution < -0.4 is 11.1 Å². The van der Waals surface area contributed by atoms with Crippen LogP contribution in [0, 0.1) is 0 Å². The van der Waals surface area contributed by atoms with Crippen LogP contribution in [0.4, 0.5) is 0 Å². The van der Waals surface area contributed by atoms with Gasteiger partial charge in [0.2, 0.25) is 5.91 Å². The lowest BCUT2D eigenvalue weighted by atomic mass is 9.76. The Morgan fingerprint density at radius 1 is 1.56 bits per heavy atom. The van der Waals surface area contributed by atoms with Gasteiger partial charge in [-0.25, -0.2) is 4.79 Å². The van der Waals surface area contributed by atoms with Crippen LogP contribution in [0.3, 0.4) is 0 Å². The molecular formula is C10H18N2O3S. The van der Waals surface area contributed by atoms with E-state index in [9.17, 15) is 9.59 Å². The highest BCUT2D eigenvalue weighted by Crippen LogP contribution is 2.32. The summed E-state index contributed by atoms with van der Waals surface area (Å²) < 4.78 is 0. The lowest BCUT2D eigenvalue weighted by Crippen LogP contribution is -2.61. The largest absolute Gasteiger partial charge is 0.480 e. The van der Waals surface area contributed by atoms with Crippen molar-refractivity contribution in [1.29, 1.82) is 0 Å². The normalized spacial score (nSPS) is 19.6. The number of hydrogen-bond donors (Lipinski definition) is 3. The lowest BCUT2D eigenvalue weighted by Gasteiger charge is -2.38. The van der Waals surface area contributed by atoms with Gasteiger partial charge in [0, 0.05) is 0 Å². The summed E-state index contributed by atoms with van der Waals surface area (Å²) in [7, 11) is 0. The number of carbonyl (C=O) groups excluding carboxylic acids is 1. The summed E-state index contributed by atoms with van der Waals surface area (Å²) in [5.41, 5.74) is 4.62. The Bertz CT molecular complexity index is 279. The second-order valence-electron chi connectivity index (χ2n) is 4.12. The third kappa shape index (κ3) is 2.89. The number of thioether (sulfide) groups is 1. The molecule has 1 aliphatic rings. The van der Waals surface area contributed by atoms with Gasteiger partial charge in [-0.1, -0.05) is 0 Å². The number of amides is 1. The van der Waals surface area contributed by atoms with Crippen molar-refractivity contribution in [2.24, 2.45) is 5.73 Å². The van der Waals surface area contributed by atoms with E-state index in [0.717, 1.165) is 12.2 Å². The van der Waals surface area contributed by atoms with Gasteiger partial charge < -0.3 is 16.2 Å². The zero-order valence-electron chi connectivity index (χ0n) is 9.36. The molecule has 0 bridgehead atoms. The number of aliphatic carboxylic acids is 1. The first-order valence-electron chi connectivity index (χ1n) is 5.32. The third-order valence-electron chi connectivity index (χ3n) is 2.95. The third-order valence-corrected chi connectivity index (χ3v) is 3.59. The average Bonchev–Trinajstić information content (AvgIpc) is 2.18. The lowest BCUT2D eigenvalue weighted by molar-refractivity contribution is -0.152. The van der Waals surface area contributed by atoms with E-state index in [4.69, 9.17) is 10.8 Å². The van der Waals surface area contributed by atoms with E-state index in [1.807, 2.05) is 6.26 Å². The minimum atomic E-state index is -1.05. The summed E-state index contributed by atoms with van der Waals surface area (Å²) in [5, 5.41) is 11.6. The Morgan fingerprint density at radius 3 is 2.56 bits per heavy atom. The van der Waals surface area contributed by atoms with Crippen molar-refractivity contribution in [3.8, 4) is 0 Å². The molecule has 0 unspecified atom stereocenters. The first-order chi connectivity index (χ1) is 7.52. The van der Waals surface area contributed by atoms with Gasteiger partial charge in [-0.2, -0.15) is 11.8 Å². The van der Waals surface area contributed by atoms with E-state index < -0.39 is 17.6 Å². The molecule has 1 rings (SSSR count). The monoisotopic (exact) mass is 246 g/mol. The molecule has 0 aromatic rings.